The maximum atomic E-state index is 12.9. The van der Waals surface area contributed by atoms with Gasteiger partial charge in [-0.25, -0.2) is 12.7 Å². The van der Waals surface area contributed by atoms with Gasteiger partial charge in [0.15, 0.2) is 0 Å². The lowest BCUT2D eigenvalue weighted by atomic mass is 9.99. The molecule has 1 saturated heterocycles. The van der Waals surface area contributed by atoms with Crippen LogP contribution in [0.1, 0.15) is 24.2 Å². The lowest BCUT2D eigenvalue weighted by molar-refractivity contribution is -0.125. The van der Waals surface area contributed by atoms with Crippen LogP contribution in [0.5, 0.6) is 0 Å². The summed E-state index contributed by atoms with van der Waals surface area (Å²) in [4.78, 5) is 12.5. The Hall–Kier alpha value is -1.19. The molecule has 1 amide bonds. The van der Waals surface area contributed by atoms with Gasteiger partial charge in [0.1, 0.15) is 5.76 Å². The number of thioether (sulfide) groups is 1. The first-order valence-electron chi connectivity index (χ1n) is 9.65. The van der Waals surface area contributed by atoms with Crippen LogP contribution in [0.2, 0.25) is 10.0 Å². The van der Waals surface area contributed by atoms with E-state index in [4.69, 9.17) is 27.6 Å². The molecule has 0 saturated carbocycles. The lowest BCUT2D eigenvalue weighted by Gasteiger charge is -2.31. The van der Waals surface area contributed by atoms with E-state index in [9.17, 15) is 13.2 Å². The molecular weight excluding hydrogens is 467 g/mol. The number of furan rings is 1. The molecule has 0 radical (unpaired) electrons. The Bertz CT molecular complexity index is 952. The molecule has 1 aliphatic rings. The third kappa shape index (κ3) is 6.65. The molecule has 1 N–H and O–H groups in total. The molecule has 30 heavy (non-hydrogen) atoms. The molecule has 164 valence electrons. The van der Waals surface area contributed by atoms with E-state index in [1.54, 1.807) is 30.2 Å². The second kappa shape index (κ2) is 10.9. The first-order chi connectivity index (χ1) is 14.3. The normalized spacial score (nSPS) is 17.7. The van der Waals surface area contributed by atoms with Crippen molar-refractivity contribution < 1.29 is 17.6 Å². The predicted molar refractivity (Wildman–Crippen MR) is 121 cm³/mol. The minimum Gasteiger partial charge on any atom is -0.468 e. The average Bonchev–Trinajstić information content (AvgIpc) is 3.23. The number of nitrogens with zero attached hydrogens (tertiary/aromatic N) is 1. The molecule has 1 atom stereocenters. The summed E-state index contributed by atoms with van der Waals surface area (Å²) in [5, 5.41) is 3.70. The number of carbonyl (C=O) groups excluding carboxylic acids is 1. The molecule has 1 aliphatic heterocycles. The van der Waals surface area contributed by atoms with Crippen LogP contribution in [0.4, 0.5) is 0 Å². The van der Waals surface area contributed by atoms with Crippen LogP contribution in [-0.2, 0) is 26.3 Å². The van der Waals surface area contributed by atoms with Crippen molar-refractivity contribution in [3.63, 3.8) is 0 Å². The van der Waals surface area contributed by atoms with Gasteiger partial charge in [-0.3, -0.25) is 4.79 Å². The molecule has 0 aliphatic carbocycles. The van der Waals surface area contributed by atoms with Crippen molar-refractivity contribution >= 4 is 50.9 Å². The number of piperidine rings is 1. The van der Waals surface area contributed by atoms with E-state index in [0.717, 1.165) is 17.3 Å². The Morgan fingerprint density at radius 1 is 1.30 bits per heavy atom. The van der Waals surface area contributed by atoms with Crippen LogP contribution < -0.4 is 5.32 Å². The van der Waals surface area contributed by atoms with E-state index in [2.05, 4.69) is 5.32 Å². The molecule has 2 aromatic rings. The molecule has 2 heterocycles. The fourth-order valence-corrected chi connectivity index (χ4v) is 6.25. The molecule has 0 bridgehead atoms. The SMILES string of the molecule is O=C(NCCSCc1ccco1)[C@H]1CCCN(S(=O)(=O)Cc2ccc(Cl)cc2Cl)C1. The Morgan fingerprint density at radius 3 is 2.87 bits per heavy atom. The zero-order chi connectivity index (χ0) is 21.6. The summed E-state index contributed by atoms with van der Waals surface area (Å²) in [6.45, 7) is 1.14. The van der Waals surface area contributed by atoms with Crippen molar-refractivity contribution in [1.29, 1.82) is 0 Å². The van der Waals surface area contributed by atoms with Crippen LogP contribution in [0.15, 0.2) is 41.0 Å². The topological polar surface area (TPSA) is 79.6 Å². The number of nitrogens with one attached hydrogen (secondary N) is 1. The maximum Gasteiger partial charge on any atom is 0.224 e. The van der Waals surface area contributed by atoms with Crippen LogP contribution in [0.25, 0.3) is 0 Å². The molecule has 0 unspecified atom stereocenters. The van der Waals surface area contributed by atoms with Gasteiger partial charge >= 0.3 is 0 Å². The zero-order valence-corrected chi connectivity index (χ0v) is 19.5. The van der Waals surface area contributed by atoms with Gasteiger partial charge in [-0.2, -0.15) is 11.8 Å². The lowest BCUT2D eigenvalue weighted by Crippen LogP contribution is -2.46. The Morgan fingerprint density at radius 2 is 2.13 bits per heavy atom. The first-order valence-corrected chi connectivity index (χ1v) is 13.2. The highest BCUT2D eigenvalue weighted by molar-refractivity contribution is 7.98. The highest BCUT2D eigenvalue weighted by Crippen LogP contribution is 2.26. The van der Waals surface area contributed by atoms with Crippen molar-refractivity contribution in [1.82, 2.24) is 9.62 Å². The van der Waals surface area contributed by atoms with Gasteiger partial charge in [-0.05, 0) is 42.7 Å². The quantitative estimate of drug-likeness (QED) is 0.533. The molecule has 10 heteroatoms. The number of benzene rings is 1. The predicted octanol–water partition coefficient (Wildman–Crippen LogP) is 4.18. The van der Waals surface area contributed by atoms with E-state index < -0.39 is 10.0 Å². The van der Waals surface area contributed by atoms with E-state index >= 15 is 0 Å². The van der Waals surface area contributed by atoms with Crippen LogP contribution in [-0.4, -0.2) is 44.0 Å². The van der Waals surface area contributed by atoms with E-state index in [1.165, 1.54) is 10.4 Å². The van der Waals surface area contributed by atoms with Gasteiger partial charge in [0.05, 0.1) is 23.7 Å². The molecule has 3 rings (SSSR count). The summed E-state index contributed by atoms with van der Waals surface area (Å²) in [7, 11) is -3.58. The third-order valence-electron chi connectivity index (χ3n) is 4.87. The number of hydrogen-bond donors (Lipinski definition) is 1. The molecular formula is C20H24Cl2N2O4S2. The summed E-state index contributed by atoms with van der Waals surface area (Å²) in [6, 6.07) is 8.54. The smallest absolute Gasteiger partial charge is 0.224 e. The standard InChI is InChI=1S/C20H24Cl2N2O4S2/c21-17-6-5-16(19(22)11-17)14-30(26,27)24-8-1-3-15(12-24)20(25)23-7-10-29-13-18-4-2-9-28-18/h2,4-6,9,11,15H,1,3,7-8,10,12-14H2,(H,23,25)/t15-/m0/s1. The zero-order valence-electron chi connectivity index (χ0n) is 16.4. The van der Waals surface area contributed by atoms with Gasteiger partial charge < -0.3 is 9.73 Å². The Balaban J connectivity index is 1.47. The largest absolute Gasteiger partial charge is 0.468 e. The summed E-state index contributed by atoms with van der Waals surface area (Å²) in [6.07, 6.45) is 2.97. The Kier molecular flexibility index (Phi) is 8.53. The van der Waals surface area contributed by atoms with E-state index in [0.29, 0.717) is 41.5 Å². The van der Waals surface area contributed by atoms with Crippen molar-refractivity contribution in [2.24, 2.45) is 5.92 Å². The van der Waals surface area contributed by atoms with E-state index in [1.807, 2.05) is 12.1 Å². The summed E-state index contributed by atoms with van der Waals surface area (Å²) >= 11 is 13.7. The number of carbonyl (C=O) groups is 1. The van der Waals surface area contributed by atoms with Gasteiger partial charge in [0.2, 0.25) is 15.9 Å². The number of halogens is 2. The van der Waals surface area contributed by atoms with Crippen LogP contribution in [0.3, 0.4) is 0 Å². The number of amides is 1. The van der Waals surface area contributed by atoms with Gasteiger partial charge in [0.25, 0.3) is 0 Å². The summed E-state index contributed by atoms with van der Waals surface area (Å²) in [5.74, 6) is 1.77. The average molecular weight is 491 g/mol. The fraction of sp³-hybridized carbons (Fsp3) is 0.450. The van der Waals surface area contributed by atoms with Crippen molar-refractivity contribution in [3.8, 4) is 0 Å². The van der Waals surface area contributed by atoms with Crippen LogP contribution >= 0.6 is 35.0 Å². The van der Waals surface area contributed by atoms with Gasteiger partial charge in [-0.15, -0.1) is 0 Å². The monoisotopic (exact) mass is 490 g/mol. The first kappa shape index (κ1) is 23.5. The Labute approximate surface area is 191 Å². The molecule has 1 aromatic carbocycles. The molecule has 0 spiro atoms. The fourth-order valence-electron chi connectivity index (χ4n) is 3.29. The van der Waals surface area contributed by atoms with Crippen LogP contribution in [0, 0.1) is 5.92 Å². The molecule has 1 fully saturated rings. The summed E-state index contributed by atoms with van der Waals surface area (Å²) in [5.41, 5.74) is 0.501. The van der Waals surface area contributed by atoms with Crippen molar-refractivity contribution in [2.45, 2.75) is 24.3 Å². The van der Waals surface area contributed by atoms with E-state index in [-0.39, 0.29) is 24.1 Å². The number of hydrogen-bond acceptors (Lipinski definition) is 5. The minimum atomic E-state index is -3.58. The van der Waals surface area contributed by atoms with Crippen molar-refractivity contribution in [2.75, 3.05) is 25.4 Å². The van der Waals surface area contributed by atoms with Crippen molar-refractivity contribution in [3.05, 3.63) is 58.0 Å². The minimum absolute atomic E-state index is 0.0991. The highest BCUT2D eigenvalue weighted by Gasteiger charge is 2.32. The molecule has 6 nitrogen and oxygen atoms in total. The maximum absolute atomic E-state index is 12.9. The second-order valence-corrected chi connectivity index (χ2v) is 11.0. The second-order valence-electron chi connectivity index (χ2n) is 7.11. The van der Waals surface area contributed by atoms with Gasteiger partial charge in [0, 0.05) is 35.4 Å². The highest BCUT2D eigenvalue weighted by atomic mass is 35.5. The summed E-state index contributed by atoms with van der Waals surface area (Å²) < 4.78 is 32.4. The molecule has 1 aromatic heterocycles. The van der Waals surface area contributed by atoms with Gasteiger partial charge in [-0.1, -0.05) is 29.3 Å². The number of rotatable bonds is 9. The number of sulfonamides is 1. The third-order valence-corrected chi connectivity index (χ3v) is 8.23.